The van der Waals surface area contributed by atoms with Gasteiger partial charge in [-0.15, -0.1) is 0 Å². The first-order valence-corrected chi connectivity index (χ1v) is 3.77. The molecule has 2 rings (SSSR count). The summed E-state index contributed by atoms with van der Waals surface area (Å²) < 4.78 is 0. The van der Waals surface area contributed by atoms with E-state index < -0.39 is 0 Å². The van der Waals surface area contributed by atoms with E-state index in [9.17, 15) is 4.79 Å². The summed E-state index contributed by atoms with van der Waals surface area (Å²) in [5.74, 6) is 0.624. The number of piperidine rings is 1. The van der Waals surface area contributed by atoms with Crippen molar-refractivity contribution < 1.29 is 4.79 Å². The number of Topliss-reactive ketones (excluding diaryl/α,β-unsaturated/α-hetero) is 1. The fourth-order valence-electron chi connectivity index (χ4n) is 1.71. The van der Waals surface area contributed by atoms with Crippen LogP contribution in [-0.4, -0.2) is 31.5 Å². The van der Waals surface area contributed by atoms with E-state index in [1.54, 1.807) is 0 Å². The predicted molar refractivity (Wildman–Crippen MR) is 36.8 cm³/mol. The van der Waals surface area contributed by atoms with Crippen LogP contribution in [0.25, 0.3) is 0 Å². The Kier molecular flexibility index (Phi) is 1.47. The van der Waals surface area contributed by atoms with E-state index in [4.69, 9.17) is 0 Å². The highest BCUT2D eigenvalue weighted by Gasteiger charge is 2.35. The summed E-state index contributed by atoms with van der Waals surface area (Å²) in [6, 6.07) is 0.376. The topological polar surface area (TPSA) is 43.2 Å². The van der Waals surface area contributed by atoms with Crippen molar-refractivity contribution in [2.45, 2.75) is 12.5 Å². The fraction of sp³-hybridized carbons (Fsp3) is 0.857. The smallest absolute Gasteiger partial charge is 0.140 e. The second kappa shape index (κ2) is 2.32. The second-order valence-corrected chi connectivity index (χ2v) is 2.97. The normalized spacial score (nSPS) is 39.8. The van der Waals surface area contributed by atoms with Crippen LogP contribution < -0.4 is 10.6 Å². The van der Waals surface area contributed by atoms with Crippen molar-refractivity contribution in [1.82, 2.24) is 10.6 Å². The van der Waals surface area contributed by atoms with Gasteiger partial charge in [0.05, 0.1) is 0 Å². The first kappa shape index (κ1) is 6.31. The maximum Gasteiger partial charge on any atom is 0.140 e. The SMILES string of the molecule is O=C1CCNC2C[N]CC12. The minimum absolute atomic E-state index is 0.216. The van der Waals surface area contributed by atoms with E-state index in [-0.39, 0.29) is 5.92 Å². The molecule has 0 saturated carbocycles. The van der Waals surface area contributed by atoms with Crippen molar-refractivity contribution in [2.75, 3.05) is 19.6 Å². The summed E-state index contributed by atoms with van der Waals surface area (Å²) >= 11 is 0. The highest BCUT2D eigenvalue weighted by molar-refractivity contribution is 5.83. The van der Waals surface area contributed by atoms with Gasteiger partial charge in [-0.2, -0.15) is 0 Å². The van der Waals surface area contributed by atoms with Gasteiger partial charge in [-0.05, 0) is 0 Å². The Bertz CT molecular complexity index is 158. The van der Waals surface area contributed by atoms with Crippen LogP contribution in [0.3, 0.4) is 0 Å². The number of nitrogens with zero attached hydrogens (tertiary/aromatic N) is 1. The first-order valence-electron chi connectivity index (χ1n) is 3.77. The average molecular weight is 139 g/mol. The quantitative estimate of drug-likeness (QED) is 0.475. The zero-order chi connectivity index (χ0) is 6.97. The van der Waals surface area contributed by atoms with Crippen LogP contribution in [0.2, 0.25) is 0 Å². The van der Waals surface area contributed by atoms with E-state index >= 15 is 0 Å². The molecule has 2 fully saturated rings. The van der Waals surface area contributed by atoms with Crippen LogP contribution >= 0.6 is 0 Å². The molecule has 2 saturated heterocycles. The van der Waals surface area contributed by atoms with Crippen LogP contribution in [0, 0.1) is 5.92 Å². The maximum absolute atomic E-state index is 11.2. The lowest BCUT2D eigenvalue weighted by molar-refractivity contribution is -0.124. The molecular weight excluding hydrogens is 128 g/mol. The Balaban J connectivity index is 2.10. The van der Waals surface area contributed by atoms with Crippen molar-refractivity contribution in [1.29, 1.82) is 0 Å². The van der Waals surface area contributed by atoms with Crippen molar-refractivity contribution in [2.24, 2.45) is 5.92 Å². The minimum atomic E-state index is 0.216. The van der Waals surface area contributed by atoms with Crippen molar-refractivity contribution in [3.05, 3.63) is 0 Å². The summed E-state index contributed by atoms with van der Waals surface area (Å²) in [7, 11) is 0. The van der Waals surface area contributed by atoms with E-state index in [0.29, 0.717) is 18.2 Å². The van der Waals surface area contributed by atoms with Crippen LogP contribution in [0.4, 0.5) is 0 Å². The van der Waals surface area contributed by atoms with Gasteiger partial charge in [-0.1, -0.05) is 0 Å². The number of carbonyl (C=O) groups excluding carboxylic acids is 1. The van der Waals surface area contributed by atoms with Gasteiger partial charge in [0, 0.05) is 38.0 Å². The van der Waals surface area contributed by atoms with Crippen LogP contribution in [0.1, 0.15) is 6.42 Å². The average Bonchev–Trinajstić information content (AvgIpc) is 2.36. The van der Waals surface area contributed by atoms with Crippen LogP contribution in [-0.2, 0) is 4.79 Å². The molecule has 0 amide bonds. The van der Waals surface area contributed by atoms with Gasteiger partial charge in [-0.3, -0.25) is 4.79 Å². The molecule has 0 spiro atoms. The number of nitrogens with one attached hydrogen (secondary N) is 1. The summed E-state index contributed by atoms with van der Waals surface area (Å²) in [4.78, 5) is 11.2. The molecule has 2 unspecified atom stereocenters. The third-order valence-electron chi connectivity index (χ3n) is 2.33. The molecule has 3 heteroatoms. The standard InChI is InChI=1S/C7H11N2O/c10-7-1-2-9-6-4-8-3-5(6)7/h5-6,9H,1-4H2. The summed E-state index contributed by atoms with van der Waals surface area (Å²) in [6.45, 7) is 2.46. The molecule has 0 aliphatic carbocycles. The molecule has 0 aromatic heterocycles. The van der Waals surface area contributed by atoms with E-state index in [0.717, 1.165) is 19.6 Å². The summed E-state index contributed by atoms with van der Waals surface area (Å²) in [5.41, 5.74) is 0. The van der Waals surface area contributed by atoms with Gasteiger partial charge in [-0.25, -0.2) is 5.32 Å². The lowest BCUT2D eigenvalue weighted by Crippen LogP contribution is -2.45. The zero-order valence-corrected chi connectivity index (χ0v) is 5.84. The lowest BCUT2D eigenvalue weighted by Gasteiger charge is -2.23. The summed E-state index contributed by atoms with van der Waals surface area (Å²) in [6.07, 6.45) is 0.705. The van der Waals surface area contributed by atoms with Gasteiger partial charge in [0.2, 0.25) is 0 Å². The Morgan fingerprint density at radius 2 is 2.40 bits per heavy atom. The minimum Gasteiger partial charge on any atom is -0.311 e. The summed E-state index contributed by atoms with van der Waals surface area (Å²) in [5, 5.41) is 7.49. The molecule has 0 bridgehead atoms. The van der Waals surface area contributed by atoms with Crippen LogP contribution in [0.15, 0.2) is 0 Å². The van der Waals surface area contributed by atoms with Crippen LogP contribution in [0.5, 0.6) is 0 Å². The van der Waals surface area contributed by atoms with Crippen molar-refractivity contribution in [3.63, 3.8) is 0 Å². The molecule has 55 valence electrons. The number of carbonyl (C=O) groups is 1. The molecule has 1 radical (unpaired) electrons. The third-order valence-corrected chi connectivity index (χ3v) is 2.33. The van der Waals surface area contributed by atoms with Gasteiger partial charge in [0.25, 0.3) is 0 Å². The van der Waals surface area contributed by atoms with Gasteiger partial charge >= 0.3 is 0 Å². The molecule has 3 nitrogen and oxygen atoms in total. The number of hydrogen-bond acceptors (Lipinski definition) is 2. The second-order valence-electron chi connectivity index (χ2n) is 2.97. The largest absolute Gasteiger partial charge is 0.311 e. The van der Waals surface area contributed by atoms with Gasteiger partial charge < -0.3 is 5.32 Å². The first-order chi connectivity index (χ1) is 4.88. The molecule has 0 aromatic rings. The third kappa shape index (κ3) is 0.859. The number of hydrogen-bond donors (Lipinski definition) is 1. The Morgan fingerprint density at radius 1 is 1.50 bits per heavy atom. The van der Waals surface area contributed by atoms with E-state index in [2.05, 4.69) is 10.6 Å². The van der Waals surface area contributed by atoms with E-state index in [1.165, 1.54) is 0 Å². The van der Waals surface area contributed by atoms with Gasteiger partial charge in [0.1, 0.15) is 5.78 Å². The molecule has 2 aliphatic heterocycles. The number of rotatable bonds is 0. The Hall–Kier alpha value is -0.410. The Labute approximate surface area is 60.2 Å². The Morgan fingerprint density at radius 3 is 3.20 bits per heavy atom. The highest BCUT2D eigenvalue weighted by atomic mass is 16.1. The van der Waals surface area contributed by atoms with Gasteiger partial charge in [0.15, 0.2) is 0 Å². The number of ketones is 1. The molecule has 2 aliphatic rings. The monoisotopic (exact) mass is 139 g/mol. The molecule has 0 aromatic carbocycles. The van der Waals surface area contributed by atoms with E-state index in [1.807, 2.05) is 0 Å². The molecule has 1 N–H and O–H groups in total. The highest BCUT2D eigenvalue weighted by Crippen LogP contribution is 2.16. The fourth-order valence-corrected chi connectivity index (χ4v) is 1.71. The van der Waals surface area contributed by atoms with Crippen molar-refractivity contribution >= 4 is 5.78 Å². The zero-order valence-electron chi connectivity index (χ0n) is 5.84. The molecule has 2 atom stereocenters. The molecular formula is C7H11N2O. The maximum atomic E-state index is 11.2. The predicted octanol–water partition coefficient (Wildman–Crippen LogP) is -0.848. The number of fused-ring (bicyclic) bond motifs is 1. The van der Waals surface area contributed by atoms with Crippen molar-refractivity contribution in [3.8, 4) is 0 Å². The molecule has 2 heterocycles. The lowest BCUT2D eigenvalue weighted by atomic mass is 9.93. The molecule has 10 heavy (non-hydrogen) atoms.